The summed E-state index contributed by atoms with van der Waals surface area (Å²) in [6.07, 6.45) is 0.429. The summed E-state index contributed by atoms with van der Waals surface area (Å²) < 4.78 is 5.91. The molecule has 0 aliphatic heterocycles. The number of carboxylic acid groups (broad SMARTS) is 1. The number of aryl methyl sites for hydroxylation is 2. The third-order valence-electron chi connectivity index (χ3n) is 4.51. The van der Waals surface area contributed by atoms with Crippen LogP contribution < -0.4 is 4.74 Å². The van der Waals surface area contributed by atoms with Gasteiger partial charge in [-0.3, -0.25) is 4.79 Å². The molecule has 3 rings (SSSR count). The average Bonchev–Trinajstić information content (AvgIpc) is 2.66. The molecule has 1 N–H and O–H groups in total. The van der Waals surface area contributed by atoms with Gasteiger partial charge in [0.05, 0.1) is 5.92 Å². The third-order valence-corrected chi connectivity index (χ3v) is 5.11. The predicted octanol–water partition coefficient (Wildman–Crippen LogP) is 6.16. The lowest BCUT2D eigenvalue weighted by molar-refractivity contribution is -0.138. The molecule has 138 valence electrons. The van der Waals surface area contributed by atoms with E-state index in [1.807, 2.05) is 80.6 Å². The summed E-state index contributed by atoms with van der Waals surface area (Å²) >= 11 is 6.19. The summed E-state index contributed by atoms with van der Waals surface area (Å²) in [6, 6.07) is 20.6. The van der Waals surface area contributed by atoms with Crippen molar-refractivity contribution in [3.05, 3.63) is 94.0 Å². The maximum atomic E-state index is 11.7. The summed E-state index contributed by atoms with van der Waals surface area (Å²) in [5.41, 5.74) is 3.69. The van der Waals surface area contributed by atoms with Crippen LogP contribution in [-0.2, 0) is 11.2 Å². The normalized spacial score (nSPS) is 11.8. The molecule has 0 bridgehead atoms. The topological polar surface area (TPSA) is 46.5 Å². The Balaban J connectivity index is 1.74. The lowest BCUT2D eigenvalue weighted by atomic mass is 9.92. The molecule has 0 aromatic heterocycles. The van der Waals surface area contributed by atoms with Crippen molar-refractivity contribution in [2.24, 2.45) is 0 Å². The van der Waals surface area contributed by atoms with Crippen LogP contribution in [0.3, 0.4) is 0 Å². The highest BCUT2D eigenvalue weighted by molar-refractivity contribution is 6.32. The van der Waals surface area contributed by atoms with Crippen LogP contribution in [0.25, 0.3) is 0 Å². The molecule has 27 heavy (non-hydrogen) atoms. The first-order chi connectivity index (χ1) is 12.9. The average molecular weight is 381 g/mol. The van der Waals surface area contributed by atoms with E-state index in [2.05, 4.69) is 0 Å². The minimum atomic E-state index is -0.825. The number of carbonyl (C=O) groups is 1. The van der Waals surface area contributed by atoms with Gasteiger partial charge in [-0.25, -0.2) is 0 Å². The molecule has 0 aliphatic carbocycles. The molecule has 0 amide bonds. The summed E-state index contributed by atoms with van der Waals surface area (Å²) in [5, 5.41) is 10.3. The van der Waals surface area contributed by atoms with Gasteiger partial charge in [-0.1, -0.05) is 54.1 Å². The summed E-state index contributed by atoms with van der Waals surface area (Å²) in [7, 11) is 0. The molecule has 0 saturated carbocycles. The standard InChI is InChI=1S/C23H21ClO3/c1-15-12-20(13-16(2)22(15)24)27-19-10-8-17(9-11-19)14-21(23(25)26)18-6-4-3-5-7-18/h3-13,21H,14H2,1-2H3,(H,25,26). The Kier molecular flexibility index (Phi) is 5.82. The summed E-state index contributed by atoms with van der Waals surface area (Å²) in [6.45, 7) is 3.89. The molecule has 3 aromatic carbocycles. The van der Waals surface area contributed by atoms with E-state index >= 15 is 0 Å². The zero-order valence-electron chi connectivity index (χ0n) is 15.3. The van der Waals surface area contributed by atoms with Crippen molar-refractivity contribution < 1.29 is 14.6 Å². The molecule has 0 saturated heterocycles. The predicted molar refractivity (Wildman–Crippen MR) is 108 cm³/mol. The number of halogens is 1. The Morgan fingerprint density at radius 3 is 2.11 bits per heavy atom. The van der Waals surface area contributed by atoms with E-state index < -0.39 is 11.9 Å². The molecule has 0 radical (unpaired) electrons. The van der Waals surface area contributed by atoms with Gasteiger partial charge in [-0.15, -0.1) is 0 Å². The molecule has 0 heterocycles. The van der Waals surface area contributed by atoms with Crippen molar-refractivity contribution in [2.45, 2.75) is 26.2 Å². The van der Waals surface area contributed by atoms with E-state index in [1.165, 1.54) is 0 Å². The van der Waals surface area contributed by atoms with Gasteiger partial charge < -0.3 is 9.84 Å². The number of benzene rings is 3. The fourth-order valence-electron chi connectivity index (χ4n) is 3.06. The number of hydrogen-bond acceptors (Lipinski definition) is 2. The molecule has 0 fully saturated rings. The molecule has 0 spiro atoms. The SMILES string of the molecule is Cc1cc(Oc2ccc(CC(C(=O)O)c3ccccc3)cc2)cc(C)c1Cl. The second kappa shape index (κ2) is 8.28. The highest BCUT2D eigenvalue weighted by Crippen LogP contribution is 2.30. The van der Waals surface area contributed by atoms with Gasteiger partial charge in [-0.2, -0.15) is 0 Å². The maximum absolute atomic E-state index is 11.7. The largest absolute Gasteiger partial charge is 0.481 e. The Labute approximate surface area is 164 Å². The van der Waals surface area contributed by atoms with E-state index in [0.29, 0.717) is 12.2 Å². The molecule has 3 nitrogen and oxygen atoms in total. The molecule has 1 unspecified atom stereocenters. The van der Waals surface area contributed by atoms with Crippen molar-refractivity contribution >= 4 is 17.6 Å². The second-order valence-electron chi connectivity index (χ2n) is 6.62. The van der Waals surface area contributed by atoms with Crippen molar-refractivity contribution in [1.29, 1.82) is 0 Å². The quantitative estimate of drug-likeness (QED) is 0.557. The molecular weight excluding hydrogens is 360 g/mol. The second-order valence-corrected chi connectivity index (χ2v) is 7.00. The van der Waals surface area contributed by atoms with E-state index in [9.17, 15) is 9.90 Å². The molecule has 1 atom stereocenters. The van der Waals surface area contributed by atoms with Crippen LogP contribution in [0.15, 0.2) is 66.7 Å². The van der Waals surface area contributed by atoms with E-state index in [4.69, 9.17) is 16.3 Å². The highest BCUT2D eigenvalue weighted by Gasteiger charge is 2.20. The van der Waals surface area contributed by atoms with E-state index in [1.54, 1.807) is 0 Å². The lowest BCUT2D eigenvalue weighted by Crippen LogP contribution is -2.14. The first-order valence-electron chi connectivity index (χ1n) is 8.75. The molecule has 0 aliphatic rings. The number of aliphatic carboxylic acids is 1. The van der Waals surface area contributed by atoms with E-state index in [-0.39, 0.29) is 0 Å². The van der Waals surface area contributed by atoms with Crippen LogP contribution in [0, 0.1) is 13.8 Å². The fourth-order valence-corrected chi connectivity index (χ4v) is 3.17. The monoisotopic (exact) mass is 380 g/mol. The zero-order valence-corrected chi connectivity index (χ0v) is 16.0. The van der Waals surface area contributed by atoms with Gasteiger partial charge in [0.25, 0.3) is 0 Å². The van der Waals surface area contributed by atoms with Crippen molar-refractivity contribution in [3.8, 4) is 11.5 Å². The van der Waals surface area contributed by atoms with Gasteiger partial charge in [0.2, 0.25) is 0 Å². The Morgan fingerprint density at radius 1 is 0.963 bits per heavy atom. The van der Waals surface area contributed by atoms with Crippen molar-refractivity contribution in [3.63, 3.8) is 0 Å². The first-order valence-corrected chi connectivity index (χ1v) is 9.13. The van der Waals surface area contributed by atoms with Gasteiger partial charge in [0.15, 0.2) is 0 Å². The lowest BCUT2D eigenvalue weighted by Gasteiger charge is -2.14. The van der Waals surface area contributed by atoms with E-state index in [0.717, 1.165) is 33.0 Å². The first kappa shape index (κ1) is 19.0. The minimum absolute atomic E-state index is 0.429. The van der Waals surface area contributed by atoms with Crippen LogP contribution in [0.2, 0.25) is 5.02 Å². The number of carboxylic acids is 1. The highest BCUT2D eigenvalue weighted by atomic mass is 35.5. The molecule has 4 heteroatoms. The molecule has 3 aromatic rings. The van der Waals surface area contributed by atoms with Crippen molar-refractivity contribution in [2.75, 3.05) is 0 Å². The summed E-state index contributed by atoms with van der Waals surface area (Å²) in [4.78, 5) is 11.7. The van der Waals surface area contributed by atoms with Gasteiger partial charge in [0, 0.05) is 5.02 Å². The smallest absolute Gasteiger partial charge is 0.311 e. The Hall–Kier alpha value is -2.78. The van der Waals surface area contributed by atoms with Gasteiger partial charge in [-0.05, 0) is 66.8 Å². The molecular formula is C23H21ClO3. The Morgan fingerprint density at radius 2 is 1.56 bits per heavy atom. The number of rotatable bonds is 6. The van der Waals surface area contributed by atoms with Crippen LogP contribution >= 0.6 is 11.6 Å². The summed E-state index contributed by atoms with van der Waals surface area (Å²) in [5.74, 6) is 0.0366. The third kappa shape index (κ3) is 4.69. The van der Waals surface area contributed by atoms with Crippen LogP contribution in [0.1, 0.15) is 28.2 Å². The minimum Gasteiger partial charge on any atom is -0.481 e. The fraction of sp³-hybridized carbons (Fsp3) is 0.174. The van der Waals surface area contributed by atoms with Crippen LogP contribution in [-0.4, -0.2) is 11.1 Å². The van der Waals surface area contributed by atoms with Gasteiger partial charge >= 0.3 is 5.97 Å². The Bertz CT molecular complexity index is 911. The number of ether oxygens (including phenoxy) is 1. The van der Waals surface area contributed by atoms with Crippen LogP contribution in [0.5, 0.6) is 11.5 Å². The van der Waals surface area contributed by atoms with Crippen molar-refractivity contribution in [1.82, 2.24) is 0 Å². The zero-order chi connectivity index (χ0) is 19.4. The maximum Gasteiger partial charge on any atom is 0.311 e. The van der Waals surface area contributed by atoms with Crippen LogP contribution in [0.4, 0.5) is 0 Å². The van der Waals surface area contributed by atoms with Gasteiger partial charge in [0.1, 0.15) is 11.5 Å². The number of hydrogen-bond donors (Lipinski definition) is 1.